The van der Waals surface area contributed by atoms with Crippen molar-refractivity contribution in [1.82, 2.24) is 9.80 Å². The van der Waals surface area contributed by atoms with Crippen LogP contribution in [0.4, 0.5) is 10.5 Å². The Morgan fingerprint density at radius 1 is 0.949 bits per heavy atom. The van der Waals surface area contributed by atoms with Crippen LogP contribution in [0.5, 0.6) is 11.5 Å². The first-order chi connectivity index (χ1) is 18.8. The Morgan fingerprint density at radius 3 is 2.31 bits per heavy atom. The molecule has 0 bridgehead atoms. The Hall–Kier alpha value is -3.52. The number of hydrogen-bond donors (Lipinski definition) is 1. The smallest absolute Gasteiger partial charge is 0.322 e. The van der Waals surface area contributed by atoms with Crippen molar-refractivity contribution < 1.29 is 19.1 Å². The summed E-state index contributed by atoms with van der Waals surface area (Å²) in [6.45, 7) is 7.91. The Balaban J connectivity index is 1.72. The number of unbranched alkanes of at least 4 members (excludes halogenated alkanes) is 1. The van der Waals surface area contributed by atoms with E-state index >= 15 is 0 Å². The minimum atomic E-state index is -0.259. The molecule has 3 rings (SSSR count). The Labute approximate surface area is 236 Å². The van der Waals surface area contributed by atoms with E-state index in [0.717, 1.165) is 29.0 Å². The highest BCUT2D eigenvalue weighted by Crippen LogP contribution is 2.28. The van der Waals surface area contributed by atoms with Gasteiger partial charge in [-0.05, 0) is 65.6 Å². The lowest BCUT2D eigenvalue weighted by atomic mass is 10.0. The van der Waals surface area contributed by atoms with Gasteiger partial charge in [0, 0.05) is 23.7 Å². The standard InChI is InChI=1S/C31H41N3O4S/c1-6-7-17-34(31(36)32-26-13-11-25(12-14-26)23(2)3)22-30(35)33(21-27-9-8-19-39-27)18-16-24-10-15-28(37-4)29(20-24)38-5/h8-15,19-20,23H,6-7,16-18,21-22H2,1-5H3,(H,32,36). The number of thiophene rings is 1. The van der Waals surface area contributed by atoms with Crippen molar-refractivity contribution in [3.05, 3.63) is 76.0 Å². The molecule has 3 amide bonds. The first kappa shape index (κ1) is 30.0. The molecular formula is C31H41N3O4S. The van der Waals surface area contributed by atoms with Crippen molar-refractivity contribution in [2.24, 2.45) is 0 Å². The van der Waals surface area contributed by atoms with Gasteiger partial charge in [0.2, 0.25) is 5.91 Å². The van der Waals surface area contributed by atoms with Crippen molar-refractivity contribution in [2.75, 3.05) is 39.2 Å². The zero-order chi connectivity index (χ0) is 28.2. The van der Waals surface area contributed by atoms with Gasteiger partial charge in [-0.1, -0.05) is 51.5 Å². The molecule has 0 aliphatic carbocycles. The van der Waals surface area contributed by atoms with Gasteiger partial charge in [0.15, 0.2) is 11.5 Å². The Kier molecular flexibility index (Phi) is 11.7. The van der Waals surface area contributed by atoms with Crippen LogP contribution in [-0.2, 0) is 17.8 Å². The molecule has 1 N–H and O–H groups in total. The quantitative estimate of drug-likeness (QED) is 0.239. The van der Waals surface area contributed by atoms with Gasteiger partial charge in [-0.25, -0.2) is 4.79 Å². The van der Waals surface area contributed by atoms with Crippen molar-refractivity contribution in [1.29, 1.82) is 0 Å². The third-order valence-corrected chi connectivity index (χ3v) is 7.48. The van der Waals surface area contributed by atoms with Crippen LogP contribution in [0.15, 0.2) is 60.0 Å². The molecule has 3 aromatic rings. The topological polar surface area (TPSA) is 71.1 Å². The zero-order valence-electron chi connectivity index (χ0n) is 23.7. The first-order valence-electron chi connectivity index (χ1n) is 13.5. The molecule has 0 atom stereocenters. The number of hydrogen-bond acceptors (Lipinski definition) is 5. The molecule has 0 radical (unpaired) electrons. The number of amides is 3. The summed E-state index contributed by atoms with van der Waals surface area (Å²) in [6.07, 6.45) is 2.41. The van der Waals surface area contributed by atoms with E-state index in [1.165, 1.54) is 5.56 Å². The maximum Gasteiger partial charge on any atom is 0.322 e. The minimum Gasteiger partial charge on any atom is -0.493 e. The number of benzene rings is 2. The van der Waals surface area contributed by atoms with E-state index in [9.17, 15) is 9.59 Å². The van der Waals surface area contributed by atoms with Crippen molar-refractivity contribution >= 4 is 29.0 Å². The second-order valence-corrected chi connectivity index (χ2v) is 10.8. The predicted molar refractivity (Wildman–Crippen MR) is 159 cm³/mol. The number of nitrogens with one attached hydrogen (secondary N) is 1. The van der Waals surface area contributed by atoms with Crippen molar-refractivity contribution in [2.45, 2.75) is 52.5 Å². The number of methoxy groups -OCH3 is 2. The predicted octanol–water partition coefficient (Wildman–Crippen LogP) is 6.79. The molecule has 0 aliphatic rings. The van der Waals surface area contributed by atoms with Gasteiger partial charge < -0.3 is 24.6 Å². The summed E-state index contributed by atoms with van der Waals surface area (Å²) in [5.41, 5.74) is 2.98. The van der Waals surface area contributed by atoms with Crippen LogP contribution in [0.3, 0.4) is 0 Å². The van der Waals surface area contributed by atoms with Crippen LogP contribution < -0.4 is 14.8 Å². The van der Waals surface area contributed by atoms with Crippen LogP contribution in [-0.4, -0.2) is 55.6 Å². The number of nitrogens with zero attached hydrogens (tertiary/aromatic N) is 2. The summed E-state index contributed by atoms with van der Waals surface area (Å²) in [6, 6.07) is 17.5. The summed E-state index contributed by atoms with van der Waals surface area (Å²) >= 11 is 1.62. The van der Waals surface area contributed by atoms with E-state index in [0.29, 0.717) is 43.5 Å². The van der Waals surface area contributed by atoms with Crippen LogP contribution in [0, 0.1) is 0 Å². The third-order valence-electron chi connectivity index (χ3n) is 6.62. The van der Waals surface area contributed by atoms with E-state index in [2.05, 4.69) is 26.1 Å². The Morgan fingerprint density at radius 2 is 1.69 bits per heavy atom. The monoisotopic (exact) mass is 551 g/mol. The molecule has 0 aliphatic heterocycles. The van der Waals surface area contributed by atoms with E-state index in [1.807, 2.05) is 64.9 Å². The van der Waals surface area contributed by atoms with Crippen molar-refractivity contribution in [3.63, 3.8) is 0 Å². The average molecular weight is 552 g/mol. The molecule has 7 nitrogen and oxygen atoms in total. The summed E-state index contributed by atoms with van der Waals surface area (Å²) in [5, 5.41) is 4.99. The van der Waals surface area contributed by atoms with Crippen LogP contribution in [0.2, 0.25) is 0 Å². The van der Waals surface area contributed by atoms with Crippen LogP contribution >= 0.6 is 11.3 Å². The van der Waals surface area contributed by atoms with Gasteiger partial charge in [-0.2, -0.15) is 0 Å². The average Bonchev–Trinajstić information content (AvgIpc) is 3.46. The van der Waals surface area contributed by atoms with Gasteiger partial charge in [0.05, 0.1) is 20.8 Å². The first-order valence-corrected chi connectivity index (χ1v) is 14.4. The second-order valence-electron chi connectivity index (χ2n) is 9.82. The molecule has 1 aromatic heterocycles. The molecular weight excluding hydrogens is 510 g/mol. The summed E-state index contributed by atoms with van der Waals surface area (Å²) in [7, 11) is 3.23. The molecule has 0 fully saturated rings. The summed E-state index contributed by atoms with van der Waals surface area (Å²) in [4.78, 5) is 31.4. The molecule has 39 heavy (non-hydrogen) atoms. The number of rotatable bonds is 14. The van der Waals surface area contributed by atoms with Crippen LogP contribution in [0.25, 0.3) is 0 Å². The minimum absolute atomic E-state index is 0.0211. The van der Waals surface area contributed by atoms with Gasteiger partial charge in [-0.3, -0.25) is 4.79 Å². The third kappa shape index (κ3) is 9.03. The number of ether oxygens (including phenoxy) is 2. The fourth-order valence-electron chi connectivity index (χ4n) is 4.20. The maximum atomic E-state index is 13.6. The highest BCUT2D eigenvalue weighted by molar-refractivity contribution is 7.09. The van der Waals surface area contributed by atoms with Gasteiger partial charge in [0.25, 0.3) is 0 Å². The lowest BCUT2D eigenvalue weighted by Crippen LogP contribution is -2.45. The summed E-state index contributed by atoms with van der Waals surface area (Å²) < 4.78 is 10.8. The molecule has 210 valence electrons. The van der Waals surface area contributed by atoms with Gasteiger partial charge >= 0.3 is 6.03 Å². The second kappa shape index (κ2) is 15.2. The van der Waals surface area contributed by atoms with E-state index < -0.39 is 0 Å². The largest absolute Gasteiger partial charge is 0.493 e. The number of carbonyl (C=O) groups is 2. The molecule has 0 saturated carbocycles. The fraction of sp³-hybridized carbons (Fsp3) is 0.419. The highest BCUT2D eigenvalue weighted by Gasteiger charge is 2.22. The summed E-state index contributed by atoms with van der Waals surface area (Å²) in [5.74, 6) is 1.67. The Bertz CT molecular complexity index is 1180. The lowest BCUT2D eigenvalue weighted by Gasteiger charge is -2.28. The SMILES string of the molecule is CCCCN(CC(=O)N(CCc1ccc(OC)c(OC)c1)Cc1cccs1)C(=O)Nc1ccc(C(C)C)cc1. The van der Waals surface area contributed by atoms with E-state index in [-0.39, 0.29) is 18.5 Å². The van der Waals surface area contributed by atoms with Crippen LogP contribution in [0.1, 0.15) is 55.5 Å². The fourth-order valence-corrected chi connectivity index (χ4v) is 4.92. The lowest BCUT2D eigenvalue weighted by molar-refractivity contribution is -0.132. The molecule has 8 heteroatoms. The number of urea groups is 1. The molecule has 0 unspecified atom stereocenters. The van der Waals surface area contributed by atoms with Gasteiger partial charge in [-0.15, -0.1) is 11.3 Å². The molecule has 2 aromatic carbocycles. The van der Waals surface area contributed by atoms with Gasteiger partial charge in [0.1, 0.15) is 6.54 Å². The number of carbonyl (C=O) groups excluding carboxylic acids is 2. The highest BCUT2D eigenvalue weighted by atomic mass is 32.1. The number of anilines is 1. The molecule has 0 saturated heterocycles. The van der Waals surface area contributed by atoms with E-state index in [1.54, 1.807) is 30.5 Å². The van der Waals surface area contributed by atoms with E-state index in [4.69, 9.17) is 9.47 Å². The van der Waals surface area contributed by atoms with Crippen molar-refractivity contribution in [3.8, 4) is 11.5 Å². The molecule has 1 heterocycles. The zero-order valence-corrected chi connectivity index (χ0v) is 24.6. The molecule has 0 spiro atoms. The maximum absolute atomic E-state index is 13.6. The normalized spacial score (nSPS) is 10.8.